The maximum atomic E-state index is 2.32. The van der Waals surface area contributed by atoms with Gasteiger partial charge in [0.1, 0.15) is 0 Å². The van der Waals surface area contributed by atoms with Gasteiger partial charge in [-0.25, -0.2) is 0 Å². The molecule has 0 aliphatic carbocycles. The van der Waals surface area contributed by atoms with Crippen molar-refractivity contribution in [3.63, 3.8) is 0 Å². The smallest absolute Gasteiger partial charge is 0.0213 e. The average molecular weight is 173 g/mol. The summed E-state index contributed by atoms with van der Waals surface area (Å²) < 4.78 is 0. The van der Waals surface area contributed by atoms with Crippen LogP contribution in [0, 0.1) is 0 Å². The Bertz CT molecular complexity index is 324. The van der Waals surface area contributed by atoms with Crippen molar-refractivity contribution in [2.24, 2.45) is 0 Å². The van der Waals surface area contributed by atoms with Gasteiger partial charge in [-0.2, -0.15) is 0 Å². The minimum atomic E-state index is 1.16. The lowest BCUT2D eigenvalue weighted by atomic mass is 10.0. The van der Waals surface area contributed by atoms with Gasteiger partial charge in [-0.05, 0) is 24.5 Å². The normalized spacial score (nSPS) is 16.9. The average Bonchev–Trinajstić information content (AvgIpc) is 2.49. The monoisotopic (exact) mass is 173 g/mol. The molecule has 0 fully saturated rings. The third-order valence-corrected chi connectivity index (χ3v) is 2.83. The fourth-order valence-corrected chi connectivity index (χ4v) is 1.85. The lowest BCUT2D eigenvalue weighted by molar-refractivity contribution is 0.460. The van der Waals surface area contributed by atoms with Crippen LogP contribution in [0.3, 0.4) is 0 Å². The molecule has 1 aliphatic rings. The third kappa shape index (κ3) is 1.46. The van der Waals surface area contributed by atoms with Gasteiger partial charge in [0.05, 0.1) is 0 Å². The number of hydrogen-bond acceptors (Lipinski definition) is 1. The molecular weight excluding hydrogens is 158 g/mol. The molecule has 1 aromatic rings. The van der Waals surface area contributed by atoms with Gasteiger partial charge in [0.15, 0.2) is 0 Å². The molecule has 0 N–H and O–H groups in total. The summed E-state index contributed by atoms with van der Waals surface area (Å²) in [5.41, 5.74) is 4.30. The molecular formula is C12H15N. The van der Waals surface area contributed by atoms with E-state index in [1.165, 1.54) is 23.3 Å². The molecule has 2 rings (SSSR count). The Labute approximate surface area is 79.7 Å². The van der Waals surface area contributed by atoms with E-state index in [1.807, 2.05) is 0 Å². The van der Waals surface area contributed by atoms with E-state index in [4.69, 9.17) is 0 Å². The highest BCUT2D eigenvalue weighted by Gasteiger charge is 2.15. The molecule has 0 saturated heterocycles. The molecule has 0 aromatic heterocycles. The van der Waals surface area contributed by atoms with Crippen LogP contribution in [-0.4, -0.2) is 18.5 Å². The standard InChI is InChI=1S/C12H15N/c1-10-12(8-9-13(10)2)11-6-4-3-5-7-11/h3-7H,8-9H2,1-2H3. The van der Waals surface area contributed by atoms with Gasteiger partial charge in [0, 0.05) is 19.3 Å². The van der Waals surface area contributed by atoms with E-state index in [1.54, 1.807) is 0 Å². The maximum absolute atomic E-state index is 2.32. The Morgan fingerprint density at radius 3 is 2.38 bits per heavy atom. The molecule has 0 amide bonds. The highest BCUT2D eigenvalue weighted by atomic mass is 15.1. The lowest BCUT2D eigenvalue weighted by Gasteiger charge is -2.11. The molecule has 1 heterocycles. The zero-order chi connectivity index (χ0) is 9.26. The van der Waals surface area contributed by atoms with E-state index >= 15 is 0 Å². The lowest BCUT2D eigenvalue weighted by Crippen LogP contribution is -2.10. The summed E-state index contributed by atoms with van der Waals surface area (Å²) in [7, 11) is 2.16. The molecule has 68 valence electrons. The van der Waals surface area contributed by atoms with Gasteiger partial charge in [0.2, 0.25) is 0 Å². The van der Waals surface area contributed by atoms with Crippen molar-refractivity contribution in [2.45, 2.75) is 13.3 Å². The fourth-order valence-electron chi connectivity index (χ4n) is 1.85. The van der Waals surface area contributed by atoms with E-state index in [9.17, 15) is 0 Å². The second kappa shape index (κ2) is 3.25. The Kier molecular flexibility index (Phi) is 2.09. The number of nitrogens with zero attached hydrogens (tertiary/aromatic N) is 1. The van der Waals surface area contributed by atoms with Gasteiger partial charge in [-0.3, -0.25) is 0 Å². The Hall–Kier alpha value is -1.24. The fraction of sp³-hybridized carbons (Fsp3) is 0.333. The first-order chi connectivity index (χ1) is 6.29. The van der Waals surface area contributed by atoms with Crippen LogP contribution in [-0.2, 0) is 0 Å². The van der Waals surface area contributed by atoms with E-state index in [0.717, 1.165) is 6.54 Å². The Morgan fingerprint density at radius 1 is 1.15 bits per heavy atom. The van der Waals surface area contributed by atoms with Crippen LogP contribution >= 0.6 is 0 Å². The minimum absolute atomic E-state index is 1.16. The van der Waals surface area contributed by atoms with Crippen molar-refractivity contribution in [1.29, 1.82) is 0 Å². The summed E-state index contributed by atoms with van der Waals surface area (Å²) in [5, 5.41) is 0. The zero-order valence-corrected chi connectivity index (χ0v) is 8.25. The molecule has 0 saturated carbocycles. The van der Waals surface area contributed by atoms with Gasteiger partial charge in [0.25, 0.3) is 0 Å². The third-order valence-electron chi connectivity index (χ3n) is 2.83. The van der Waals surface area contributed by atoms with Gasteiger partial charge in [-0.15, -0.1) is 0 Å². The number of benzene rings is 1. The highest BCUT2D eigenvalue weighted by molar-refractivity contribution is 5.69. The molecule has 0 atom stereocenters. The molecule has 0 bridgehead atoms. The summed E-state index contributed by atoms with van der Waals surface area (Å²) in [5.74, 6) is 0. The number of hydrogen-bond donors (Lipinski definition) is 0. The first-order valence-corrected chi connectivity index (χ1v) is 4.75. The van der Waals surface area contributed by atoms with Crippen molar-refractivity contribution < 1.29 is 0 Å². The topological polar surface area (TPSA) is 3.24 Å². The second-order valence-corrected chi connectivity index (χ2v) is 3.60. The van der Waals surface area contributed by atoms with E-state index in [2.05, 4.69) is 49.2 Å². The summed E-state index contributed by atoms with van der Waals surface area (Å²) in [6.45, 7) is 3.37. The molecule has 1 nitrogen and oxygen atoms in total. The highest BCUT2D eigenvalue weighted by Crippen LogP contribution is 2.29. The van der Waals surface area contributed by atoms with Crippen LogP contribution in [0.15, 0.2) is 36.0 Å². The van der Waals surface area contributed by atoms with E-state index in [0.29, 0.717) is 0 Å². The predicted octanol–water partition coefficient (Wildman–Crippen LogP) is 2.75. The Morgan fingerprint density at radius 2 is 1.85 bits per heavy atom. The van der Waals surface area contributed by atoms with Crippen LogP contribution in [0.25, 0.3) is 5.57 Å². The van der Waals surface area contributed by atoms with Crippen LogP contribution in [0.1, 0.15) is 18.9 Å². The van der Waals surface area contributed by atoms with Crippen LogP contribution in [0.5, 0.6) is 0 Å². The maximum Gasteiger partial charge on any atom is 0.0213 e. The SMILES string of the molecule is CC1=C(c2ccccc2)CCN1C. The molecule has 0 unspecified atom stereocenters. The quantitative estimate of drug-likeness (QED) is 0.631. The molecule has 0 spiro atoms. The molecule has 0 radical (unpaired) electrons. The van der Waals surface area contributed by atoms with Crippen molar-refractivity contribution in [3.05, 3.63) is 41.6 Å². The largest absolute Gasteiger partial charge is 0.378 e. The van der Waals surface area contributed by atoms with Crippen molar-refractivity contribution in [3.8, 4) is 0 Å². The van der Waals surface area contributed by atoms with Crippen molar-refractivity contribution in [2.75, 3.05) is 13.6 Å². The molecule has 13 heavy (non-hydrogen) atoms. The van der Waals surface area contributed by atoms with Crippen molar-refractivity contribution in [1.82, 2.24) is 4.90 Å². The Balaban J connectivity index is 2.38. The van der Waals surface area contributed by atoms with Gasteiger partial charge < -0.3 is 4.90 Å². The molecule has 1 aliphatic heterocycles. The van der Waals surface area contributed by atoms with Gasteiger partial charge >= 0.3 is 0 Å². The van der Waals surface area contributed by atoms with Crippen LogP contribution in [0.4, 0.5) is 0 Å². The second-order valence-electron chi connectivity index (χ2n) is 3.60. The summed E-state index contributed by atoms with van der Waals surface area (Å²) in [6.07, 6.45) is 1.19. The number of allylic oxidation sites excluding steroid dienone is 1. The van der Waals surface area contributed by atoms with Crippen molar-refractivity contribution >= 4 is 5.57 Å². The van der Waals surface area contributed by atoms with E-state index < -0.39 is 0 Å². The molecule has 1 aromatic carbocycles. The minimum Gasteiger partial charge on any atom is -0.378 e. The van der Waals surface area contributed by atoms with E-state index in [-0.39, 0.29) is 0 Å². The van der Waals surface area contributed by atoms with Crippen LogP contribution in [0.2, 0.25) is 0 Å². The first-order valence-electron chi connectivity index (χ1n) is 4.75. The molecule has 1 heteroatoms. The van der Waals surface area contributed by atoms with Crippen LogP contribution < -0.4 is 0 Å². The number of rotatable bonds is 1. The summed E-state index contributed by atoms with van der Waals surface area (Å²) in [4.78, 5) is 2.32. The summed E-state index contributed by atoms with van der Waals surface area (Å²) >= 11 is 0. The van der Waals surface area contributed by atoms with Gasteiger partial charge in [-0.1, -0.05) is 30.3 Å². The predicted molar refractivity (Wildman–Crippen MR) is 56.3 cm³/mol. The summed E-state index contributed by atoms with van der Waals surface area (Å²) in [6, 6.07) is 10.7. The first kappa shape index (κ1) is 8.36. The zero-order valence-electron chi connectivity index (χ0n) is 8.25.